The van der Waals surface area contributed by atoms with Crippen LogP contribution in [-0.2, 0) is 0 Å². The number of aryl methyl sites for hydroxylation is 2. The molecule has 0 aliphatic rings. The van der Waals surface area contributed by atoms with Crippen LogP contribution in [0.1, 0.15) is 11.1 Å². The summed E-state index contributed by atoms with van der Waals surface area (Å²) >= 11 is 12.0. The fourth-order valence-corrected chi connectivity index (χ4v) is 3.16. The number of amides is 2. The van der Waals surface area contributed by atoms with E-state index >= 15 is 0 Å². The Morgan fingerprint density at radius 1 is 1.08 bits per heavy atom. The van der Waals surface area contributed by atoms with Crippen molar-refractivity contribution < 1.29 is 4.79 Å². The molecule has 2 amide bonds. The van der Waals surface area contributed by atoms with Crippen molar-refractivity contribution >= 4 is 51.6 Å². The van der Waals surface area contributed by atoms with Crippen LogP contribution in [0.25, 0.3) is 10.9 Å². The number of aromatic nitrogens is 1. The van der Waals surface area contributed by atoms with Gasteiger partial charge in [-0.05, 0) is 49.2 Å². The van der Waals surface area contributed by atoms with Crippen molar-refractivity contribution in [2.24, 2.45) is 5.73 Å². The van der Waals surface area contributed by atoms with Crippen LogP contribution in [0.2, 0.25) is 10.0 Å². The number of carbonyl (C=O) groups is 1. The van der Waals surface area contributed by atoms with Crippen LogP contribution < -0.4 is 16.2 Å². The Kier molecular flexibility index (Phi) is 4.70. The van der Waals surface area contributed by atoms with Gasteiger partial charge >= 0.3 is 6.03 Å². The highest BCUT2D eigenvalue weighted by Gasteiger charge is 2.17. The molecule has 1 aromatic heterocycles. The van der Waals surface area contributed by atoms with E-state index in [2.05, 4.69) is 10.4 Å². The maximum Gasteiger partial charge on any atom is 0.339 e. The molecular weight excluding hydrogens is 359 g/mol. The topological polar surface area (TPSA) is 71.2 Å². The summed E-state index contributed by atoms with van der Waals surface area (Å²) in [7, 11) is 0. The molecule has 2 aromatic carbocycles. The second kappa shape index (κ2) is 6.78. The third kappa shape index (κ3) is 3.62. The lowest BCUT2D eigenvalue weighted by molar-refractivity contribution is 0.255. The summed E-state index contributed by atoms with van der Waals surface area (Å²) < 4.78 is 0. The van der Waals surface area contributed by atoms with Gasteiger partial charge in [-0.2, -0.15) is 5.01 Å². The first-order chi connectivity index (χ1) is 11.8. The molecule has 25 heavy (non-hydrogen) atoms. The van der Waals surface area contributed by atoms with E-state index in [1.54, 1.807) is 24.3 Å². The molecular formula is C18H16Cl2N4O. The third-order valence-corrected chi connectivity index (χ3v) is 4.22. The number of nitrogens with two attached hydrogens (primary N) is 1. The minimum absolute atomic E-state index is 0.392. The Hall–Kier alpha value is -2.50. The van der Waals surface area contributed by atoms with Gasteiger partial charge in [0.15, 0.2) is 5.82 Å². The molecule has 3 N–H and O–H groups in total. The zero-order valence-corrected chi connectivity index (χ0v) is 15.2. The van der Waals surface area contributed by atoms with Gasteiger partial charge in [0.2, 0.25) is 0 Å². The molecule has 0 spiro atoms. The maximum absolute atomic E-state index is 12.0. The molecule has 0 radical (unpaired) electrons. The van der Waals surface area contributed by atoms with Crippen LogP contribution in [0.3, 0.4) is 0 Å². The number of pyridine rings is 1. The highest BCUT2D eigenvalue weighted by Crippen LogP contribution is 2.27. The predicted molar refractivity (Wildman–Crippen MR) is 103 cm³/mol. The molecule has 0 atom stereocenters. The van der Waals surface area contributed by atoms with Gasteiger partial charge < -0.3 is 5.73 Å². The minimum atomic E-state index is -0.698. The number of urea groups is 1. The van der Waals surface area contributed by atoms with Gasteiger partial charge in [0.1, 0.15) is 0 Å². The zero-order chi connectivity index (χ0) is 18.1. The van der Waals surface area contributed by atoms with E-state index in [9.17, 15) is 4.79 Å². The molecule has 3 rings (SSSR count). The molecule has 128 valence electrons. The summed E-state index contributed by atoms with van der Waals surface area (Å²) in [4.78, 5) is 16.6. The molecule has 0 aliphatic heterocycles. The molecule has 0 bridgehead atoms. The van der Waals surface area contributed by atoms with E-state index < -0.39 is 6.03 Å². The van der Waals surface area contributed by atoms with Crippen LogP contribution in [0.15, 0.2) is 42.5 Å². The van der Waals surface area contributed by atoms with E-state index in [1.807, 2.05) is 32.0 Å². The summed E-state index contributed by atoms with van der Waals surface area (Å²) in [6, 6.07) is 11.9. The summed E-state index contributed by atoms with van der Waals surface area (Å²) in [5, 5.41) is 3.08. The Morgan fingerprint density at radius 2 is 1.76 bits per heavy atom. The quantitative estimate of drug-likeness (QED) is 0.628. The van der Waals surface area contributed by atoms with Crippen molar-refractivity contribution in [1.29, 1.82) is 0 Å². The highest BCUT2D eigenvalue weighted by atomic mass is 35.5. The largest absolute Gasteiger partial charge is 0.350 e. The van der Waals surface area contributed by atoms with E-state index in [1.165, 1.54) is 5.01 Å². The molecule has 5 nitrogen and oxygen atoms in total. The molecule has 7 heteroatoms. The van der Waals surface area contributed by atoms with Gasteiger partial charge in [0.25, 0.3) is 0 Å². The van der Waals surface area contributed by atoms with Crippen LogP contribution in [0.5, 0.6) is 0 Å². The number of benzene rings is 2. The molecule has 0 fully saturated rings. The van der Waals surface area contributed by atoms with Gasteiger partial charge in [0.05, 0.1) is 11.2 Å². The number of para-hydroxylation sites is 1. The number of primary amides is 1. The molecule has 0 unspecified atom stereocenters. The van der Waals surface area contributed by atoms with Gasteiger partial charge in [-0.1, -0.05) is 41.4 Å². The average molecular weight is 375 g/mol. The monoisotopic (exact) mass is 374 g/mol. The Balaban J connectivity index is 2.08. The van der Waals surface area contributed by atoms with Crippen molar-refractivity contribution in [2.45, 2.75) is 13.8 Å². The van der Waals surface area contributed by atoms with Crippen molar-refractivity contribution in [1.82, 2.24) is 4.98 Å². The second-order valence-electron chi connectivity index (χ2n) is 5.71. The minimum Gasteiger partial charge on any atom is -0.350 e. The fraction of sp³-hybridized carbons (Fsp3) is 0.111. The number of rotatable bonds is 3. The number of hydrogen-bond acceptors (Lipinski definition) is 3. The molecule has 1 heterocycles. The van der Waals surface area contributed by atoms with Crippen LogP contribution in [0, 0.1) is 13.8 Å². The zero-order valence-electron chi connectivity index (χ0n) is 13.7. The maximum atomic E-state index is 12.0. The normalized spacial score (nSPS) is 10.7. The third-order valence-electron chi connectivity index (χ3n) is 3.79. The molecule has 0 aliphatic carbocycles. The predicted octanol–water partition coefficient (Wildman–Crippen LogP) is 5.07. The summed E-state index contributed by atoms with van der Waals surface area (Å²) in [6.45, 7) is 3.93. The Bertz CT molecular complexity index is 954. The first-order valence-corrected chi connectivity index (χ1v) is 8.30. The smallest absolute Gasteiger partial charge is 0.339 e. The van der Waals surface area contributed by atoms with Crippen molar-refractivity contribution in [2.75, 3.05) is 10.4 Å². The van der Waals surface area contributed by atoms with Crippen LogP contribution in [-0.4, -0.2) is 11.0 Å². The molecule has 0 saturated carbocycles. The van der Waals surface area contributed by atoms with Gasteiger partial charge in [-0.25, -0.2) is 9.78 Å². The number of anilines is 2. The van der Waals surface area contributed by atoms with Crippen LogP contribution in [0.4, 0.5) is 16.3 Å². The van der Waals surface area contributed by atoms with Crippen molar-refractivity contribution in [3.05, 3.63) is 63.6 Å². The molecule has 0 saturated heterocycles. The van der Waals surface area contributed by atoms with Gasteiger partial charge in [0, 0.05) is 15.4 Å². The van der Waals surface area contributed by atoms with E-state index in [-0.39, 0.29) is 0 Å². The van der Waals surface area contributed by atoms with Crippen molar-refractivity contribution in [3.8, 4) is 0 Å². The molecule has 3 aromatic rings. The highest BCUT2D eigenvalue weighted by molar-refractivity contribution is 6.35. The summed E-state index contributed by atoms with van der Waals surface area (Å²) in [6.07, 6.45) is 0. The summed E-state index contributed by atoms with van der Waals surface area (Å²) in [5.41, 5.74) is 11.8. The van der Waals surface area contributed by atoms with Gasteiger partial charge in [-0.3, -0.25) is 5.43 Å². The van der Waals surface area contributed by atoms with Gasteiger partial charge in [-0.15, -0.1) is 0 Å². The van der Waals surface area contributed by atoms with E-state index in [4.69, 9.17) is 28.9 Å². The lowest BCUT2D eigenvalue weighted by Crippen LogP contribution is -2.41. The first-order valence-electron chi connectivity index (χ1n) is 7.54. The summed E-state index contributed by atoms with van der Waals surface area (Å²) in [5.74, 6) is 0.392. The average Bonchev–Trinajstić information content (AvgIpc) is 2.52. The number of hydrazine groups is 1. The fourth-order valence-electron chi connectivity index (χ4n) is 2.63. The lowest BCUT2D eigenvalue weighted by Gasteiger charge is -2.22. The van der Waals surface area contributed by atoms with Crippen LogP contribution >= 0.6 is 23.2 Å². The first kappa shape index (κ1) is 17.3. The number of fused-ring (bicyclic) bond motifs is 1. The standard InChI is InChI=1S/C18H16Cl2N4O/c1-10-4-3-5-15-11(2)6-16(22-17(10)15)24(18(21)25)23-14-8-12(19)7-13(20)9-14/h3-9,23H,1-2H3,(H2,21,25). The number of halogens is 2. The number of carbonyl (C=O) groups excluding carboxylic acids is 1. The second-order valence-corrected chi connectivity index (χ2v) is 6.58. The lowest BCUT2D eigenvalue weighted by atomic mass is 10.1. The SMILES string of the molecule is Cc1cc(N(Nc2cc(Cl)cc(Cl)c2)C(N)=O)nc2c(C)cccc12. The number of nitrogens with one attached hydrogen (secondary N) is 1. The Labute approximate surface area is 155 Å². The van der Waals surface area contributed by atoms with E-state index in [0.29, 0.717) is 21.6 Å². The number of nitrogens with zero attached hydrogens (tertiary/aromatic N) is 2. The van der Waals surface area contributed by atoms with E-state index in [0.717, 1.165) is 22.0 Å². The van der Waals surface area contributed by atoms with Crippen molar-refractivity contribution in [3.63, 3.8) is 0 Å². The Morgan fingerprint density at radius 3 is 2.40 bits per heavy atom. The number of hydrogen-bond donors (Lipinski definition) is 2.